The molecule has 3 unspecified atom stereocenters. The number of phosphoric ester groups is 2. The third kappa shape index (κ3) is 67.0. The molecule has 0 aliphatic heterocycles. The normalized spacial score (nSPS) is 14.3. The number of carbonyl (C=O) groups is 4. The average Bonchev–Trinajstić information content (AvgIpc) is 1.97. The van der Waals surface area contributed by atoms with E-state index in [2.05, 4.69) is 41.5 Å². The van der Waals surface area contributed by atoms with Crippen LogP contribution in [0.1, 0.15) is 382 Å². The third-order valence-corrected chi connectivity index (χ3v) is 19.5. The molecule has 0 spiro atoms. The van der Waals surface area contributed by atoms with E-state index < -0.39 is 97.5 Å². The number of rotatable bonds is 73. The first-order valence-corrected chi connectivity index (χ1v) is 41.5. The van der Waals surface area contributed by atoms with Crippen molar-refractivity contribution < 1.29 is 80.2 Å². The number of aliphatic hydroxyl groups is 1. The lowest BCUT2D eigenvalue weighted by atomic mass is 10.00. The Kier molecular flexibility index (Phi) is 64.6. The number of ether oxygens (including phenoxy) is 4. The van der Waals surface area contributed by atoms with E-state index in [0.29, 0.717) is 25.7 Å². The van der Waals surface area contributed by atoms with Crippen LogP contribution in [-0.4, -0.2) is 96.7 Å². The van der Waals surface area contributed by atoms with Gasteiger partial charge in [0.05, 0.1) is 26.4 Å². The van der Waals surface area contributed by atoms with E-state index in [9.17, 15) is 43.2 Å². The number of aliphatic hydroxyl groups excluding tert-OH is 1. The van der Waals surface area contributed by atoms with E-state index in [1.165, 1.54) is 193 Å². The zero-order valence-corrected chi connectivity index (χ0v) is 62.3. The van der Waals surface area contributed by atoms with E-state index >= 15 is 0 Å². The van der Waals surface area contributed by atoms with Gasteiger partial charge in [0.25, 0.3) is 0 Å². The van der Waals surface area contributed by atoms with Crippen LogP contribution in [0.3, 0.4) is 0 Å². The van der Waals surface area contributed by atoms with E-state index in [-0.39, 0.29) is 25.7 Å². The van der Waals surface area contributed by atoms with Crippen molar-refractivity contribution in [3.63, 3.8) is 0 Å². The summed E-state index contributed by atoms with van der Waals surface area (Å²) in [5.74, 6) is -0.671. The quantitative estimate of drug-likeness (QED) is 0.0222. The summed E-state index contributed by atoms with van der Waals surface area (Å²) in [7, 11) is -9.91. The van der Waals surface area contributed by atoms with Gasteiger partial charge in [0, 0.05) is 25.7 Å². The van der Waals surface area contributed by atoms with Gasteiger partial charge in [0.2, 0.25) is 0 Å². The average molecular weight is 1370 g/mol. The standard InChI is InChI=1S/C74H144O17P2/c1-7-10-12-14-16-18-20-22-24-25-27-29-31-33-38-46-52-58-73(78)90-69(62-84-71(76)56-50-44-37-32-30-28-26-23-21-19-17-15-13-11-8-2)64-88-92(80,81)86-60-68(75)61-87-93(82,83)89-65-70(63-85-72(77)57-51-45-41-40-43-49-55-67(6)9-3)91-74(79)59-53-47-39-35-34-36-42-48-54-66(4)5/h66-70,75H,7-65H2,1-6H3,(H,80,81)(H,82,83)/t67?,68-,69-,70-/m1/s1. The number of hydrogen-bond donors (Lipinski definition) is 3. The Morgan fingerprint density at radius 2 is 0.548 bits per heavy atom. The summed E-state index contributed by atoms with van der Waals surface area (Å²) in [6.07, 6.45) is 52.8. The van der Waals surface area contributed by atoms with Crippen LogP contribution in [0.25, 0.3) is 0 Å². The largest absolute Gasteiger partial charge is 0.472 e. The van der Waals surface area contributed by atoms with Gasteiger partial charge in [0.15, 0.2) is 12.2 Å². The topological polar surface area (TPSA) is 237 Å². The molecule has 0 aliphatic carbocycles. The number of phosphoric acid groups is 2. The Hall–Kier alpha value is -1.94. The van der Waals surface area contributed by atoms with Gasteiger partial charge in [-0.3, -0.25) is 37.3 Å². The molecule has 93 heavy (non-hydrogen) atoms. The first-order chi connectivity index (χ1) is 44.9. The van der Waals surface area contributed by atoms with Crippen LogP contribution >= 0.6 is 15.6 Å². The SMILES string of the molecule is CCCCCCCCCCCCCCCCCCCC(=O)O[C@H](COC(=O)CCCCCCCCCCCCCCCCC)COP(=O)(O)OC[C@@H](O)COP(=O)(O)OC[C@@H](COC(=O)CCCCCCCCC(C)CC)OC(=O)CCCCCCCCCCC(C)C. The second-order valence-electron chi connectivity index (χ2n) is 27.4. The van der Waals surface area contributed by atoms with Crippen LogP contribution in [0.2, 0.25) is 0 Å². The minimum absolute atomic E-state index is 0.104. The Balaban J connectivity index is 5.24. The minimum Gasteiger partial charge on any atom is -0.462 e. The monoisotopic (exact) mass is 1370 g/mol. The first-order valence-electron chi connectivity index (χ1n) is 38.5. The van der Waals surface area contributed by atoms with E-state index in [4.69, 9.17) is 37.0 Å². The highest BCUT2D eigenvalue weighted by Gasteiger charge is 2.30. The Morgan fingerprint density at radius 1 is 0.312 bits per heavy atom. The molecule has 19 heteroatoms. The fraction of sp³-hybridized carbons (Fsp3) is 0.946. The second-order valence-corrected chi connectivity index (χ2v) is 30.3. The molecule has 6 atom stereocenters. The summed E-state index contributed by atoms with van der Waals surface area (Å²) in [5, 5.41) is 10.6. The number of hydrogen-bond acceptors (Lipinski definition) is 15. The van der Waals surface area contributed by atoms with Gasteiger partial charge in [-0.2, -0.15) is 0 Å². The molecule has 0 saturated carbocycles. The Labute approximate surface area is 568 Å². The number of unbranched alkanes of at least 4 members (excludes halogenated alkanes) is 42. The molecule has 0 saturated heterocycles. The lowest BCUT2D eigenvalue weighted by molar-refractivity contribution is -0.161. The maximum Gasteiger partial charge on any atom is 0.472 e. The Morgan fingerprint density at radius 3 is 0.817 bits per heavy atom. The summed E-state index contributed by atoms with van der Waals surface area (Å²) < 4.78 is 68.4. The van der Waals surface area contributed by atoms with Crippen molar-refractivity contribution in [2.45, 2.75) is 400 Å². The molecule has 3 N–H and O–H groups in total. The number of esters is 4. The molecule has 0 amide bonds. The van der Waals surface area contributed by atoms with Crippen LogP contribution in [0.4, 0.5) is 0 Å². The lowest BCUT2D eigenvalue weighted by Gasteiger charge is -2.21. The van der Waals surface area contributed by atoms with Crippen LogP contribution in [-0.2, 0) is 65.4 Å². The molecule has 0 aromatic carbocycles. The second kappa shape index (κ2) is 66.0. The summed E-state index contributed by atoms with van der Waals surface area (Å²) in [6.45, 7) is 9.50. The van der Waals surface area contributed by atoms with Crippen molar-refractivity contribution in [3.05, 3.63) is 0 Å². The van der Waals surface area contributed by atoms with Crippen molar-refractivity contribution in [2.75, 3.05) is 39.6 Å². The van der Waals surface area contributed by atoms with E-state index in [0.717, 1.165) is 108 Å². The molecular formula is C74H144O17P2. The van der Waals surface area contributed by atoms with Crippen molar-refractivity contribution in [3.8, 4) is 0 Å². The highest BCUT2D eigenvalue weighted by Crippen LogP contribution is 2.45. The van der Waals surface area contributed by atoms with E-state index in [1.54, 1.807) is 0 Å². The van der Waals surface area contributed by atoms with Crippen molar-refractivity contribution in [2.24, 2.45) is 11.8 Å². The fourth-order valence-corrected chi connectivity index (χ4v) is 12.8. The molecule has 0 bridgehead atoms. The van der Waals surface area contributed by atoms with Crippen LogP contribution in [0, 0.1) is 11.8 Å². The van der Waals surface area contributed by atoms with Crippen molar-refractivity contribution in [1.82, 2.24) is 0 Å². The highest BCUT2D eigenvalue weighted by molar-refractivity contribution is 7.47. The molecule has 0 aromatic heterocycles. The minimum atomic E-state index is -4.96. The summed E-state index contributed by atoms with van der Waals surface area (Å²) in [4.78, 5) is 72.7. The van der Waals surface area contributed by atoms with Gasteiger partial charge in [-0.05, 0) is 37.5 Å². The molecule has 552 valence electrons. The fourth-order valence-electron chi connectivity index (χ4n) is 11.3. The third-order valence-electron chi connectivity index (χ3n) is 17.6. The highest BCUT2D eigenvalue weighted by atomic mass is 31.2. The first kappa shape index (κ1) is 91.1. The van der Waals surface area contributed by atoms with Crippen LogP contribution in [0.5, 0.6) is 0 Å². The zero-order chi connectivity index (χ0) is 68.6. The summed E-state index contributed by atoms with van der Waals surface area (Å²) in [5.41, 5.74) is 0. The molecule has 0 aromatic rings. The summed E-state index contributed by atoms with van der Waals surface area (Å²) in [6, 6.07) is 0. The molecule has 0 radical (unpaired) electrons. The molecule has 0 aliphatic rings. The van der Waals surface area contributed by atoms with Crippen molar-refractivity contribution >= 4 is 39.5 Å². The van der Waals surface area contributed by atoms with Gasteiger partial charge >= 0.3 is 39.5 Å². The predicted octanol–water partition coefficient (Wildman–Crippen LogP) is 21.6. The van der Waals surface area contributed by atoms with Gasteiger partial charge in [0.1, 0.15) is 19.3 Å². The Bertz CT molecular complexity index is 1810. The predicted molar refractivity (Wildman–Crippen MR) is 377 cm³/mol. The maximum absolute atomic E-state index is 13.1. The molecule has 0 heterocycles. The lowest BCUT2D eigenvalue weighted by Crippen LogP contribution is -2.30. The van der Waals surface area contributed by atoms with Crippen LogP contribution < -0.4 is 0 Å². The summed E-state index contributed by atoms with van der Waals surface area (Å²) >= 11 is 0. The number of carbonyl (C=O) groups excluding carboxylic acids is 4. The van der Waals surface area contributed by atoms with Gasteiger partial charge in [-0.1, -0.05) is 330 Å². The van der Waals surface area contributed by atoms with Gasteiger partial charge < -0.3 is 33.8 Å². The maximum atomic E-state index is 13.1. The molecule has 17 nitrogen and oxygen atoms in total. The van der Waals surface area contributed by atoms with E-state index in [1.807, 2.05) is 0 Å². The molecular weight excluding hydrogens is 1220 g/mol. The van der Waals surface area contributed by atoms with Crippen molar-refractivity contribution in [1.29, 1.82) is 0 Å². The zero-order valence-electron chi connectivity index (χ0n) is 60.6. The van der Waals surface area contributed by atoms with Gasteiger partial charge in [-0.15, -0.1) is 0 Å². The smallest absolute Gasteiger partial charge is 0.462 e. The van der Waals surface area contributed by atoms with Gasteiger partial charge in [-0.25, -0.2) is 9.13 Å². The molecule has 0 fully saturated rings. The molecule has 0 rings (SSSR count). The van der Waals surface area contributed by atoms with Crippen LogP contribution in [0.15, 0.2) is 0 Å².